The van der Waals surface area contributed by atoms with Gasteiger partial charge in [0.1, 0.15) is 0 Å². The molecule has 0 spiro atoms. The van der Waals surface area contributed by atoms with Gasteiger partial charge in [-0.05, 0) is 60.9 Å². The molecule has 1 aliphatic rings. The van der Waals surface area contributed by atoms with Crippen LogP contribution in [0, 0.1) is 18.3 Å². The monoisotopic (exact) mass is 492 g/mol. The van der Waals surface area contributed by atoms with Crippen LogP contribution >= 0.6 is 11.6 Å². The van der Waals surface area contributed by atoms with E-state index in [1.165, 1.54) is 16.4 Å². The zero-order chi connectivity index (χ0) is 24.5. The molecule has 6 nitrogen and oxygen atoms in total. The number of aliphatic carboxylic acids is 1. The molecule has 0 radical (unpaired) electrons. The molecule has 8 heteroatoms. The Kier molecular flexibility index (Phi) is 6.58. The van der Waals surface area contributed by atoms with Crippen molar-refractivity contribution in [3.8, 4) is 6.07 Å². The van der Waals surface area contributed by atoms with E-state index in [0.29, 0.717) is 21.7 Å². The molecule has 1 N–H and O–H groups in total. The molecule has 2 atom stereocenters. The lowest BCUT2D eigenvalue weighted by atomic mass is 9.89. The summed E-state index contributed by atoms with van der Waals surface area (Å²) in [6.07, 6.45) is 1.74. The molecule has 0 aromatic heterocycles. The normalized spacial score (nSPS) is 18.7. The number of nitrogens with zero attached hydrogens (tertiary/aromatic N) is 2. The predicted octanol–water partition coefficient (Wildman–Crippen LogP) is 5.41. The summed E-state index contributed by atoms with van der Waals surface area (Å²) in [4.78, 5) is 12.3. The molecule has 34 heavy (non-hydrogen) atoms. The van der Waals surface area contributed by atoms with Crippen LogP contribution in [0.3, 0.4) is 0 Å². The SMILES string of the molecule is Cc1ccc(S(=O)(=O)N2[C@@H](c3ccc(Cl)cc3)C(C(=O)O)=CC[C@H]2c2ccc(C#N)cc2)cc1. The van der Waals surface area contributed by atoms with Gasteiger partial charge in [0.2, 0.25) is 10.0 Å². The summed E-state index contributed by atoms with van der Waals surface area (Å²) in [6.45, 7) is 1.86. The zero-order valence-electron chi connectivity index (χ0n) is 18.2. The van der Waals surface area contributed by atoms with Crippen LogP contribution in [0.4, 0.5) is 0 Å². The number of halogens is 1. The average molecular weight is 493 g/mol. The number of aryl methyl sites for hydroxylation is 1. The van der Waals surface area contributed by atoms with Crippen molar-refractivity contribution in [2.75, 3.05) is 0 Å². The number of sulfonamides is 1. The van der Waals surface area contributed by atoms with E-state index in [-0.39, 0.29) is 16.9 Å². The summed E-state index contributed by atoms with van der Waals surface area (Å²) in [5.74, 6) is -1.19. The van der Waals surface area contributed by atoms with Crippen molar-refractivity contribution in [3.63, 3.8) is 0 Å². The fourth-order valence-corrected chi connectivity index (χ4v) is 6.05. The van der Waals surface area contributed by atoms with Crippen molar-refractivity contribution >= 4 is 27.6 Å². The Labute approximate surface area is 203 Å². The molecule has 3 aromatic carbocycles. The number of benzene rings is 3. The lowest BCUT2D eigenvalue weighted by Crippen LogP contribution is -2.42. The molecule has 3 aromatic rings. The summed E-state index contributed by atoms with van der Waals surface area (Å²) < 4.78 is 29.4. The van der Waals surface area contributed by atoms with Gasteiger partial charge < -0.3 is 5.11 Å². The Balaban J connectivity index is 1.95. The summed E-state index contributed by atoms with van der Waals surface area (Å²) in [5, 5.41) is 19.6. The first-order valence-corrected chi connectivity index (χ1v) is 12.3. The molecule has 0 aliphatic carbocycles. The molecule has 1 aliphatic heterocycles. The minimum Gasteiger partial charge on any atom is -0.478 e. The van der Waals surface area contributed by atoms with Gasteiger partial charge in [-0.1, -0.05) is 59.6 Å². The van der Waals surface area contributed by atoms with Gasteiger partial charge in [-0.15, -0.1) is 0 Å². The lowest BCUT2D eigenvalue weighted by molar-refractivity contribution is -0.133. The van der Waals surface area contributed by atoms with Crippen molar-refractivity contribution in [1.82, 2.24) is 4.31 Å². The largest absolute Gasteiger partial charge is 0.478 e. The van der Waals surface area contributed by atoms with Crippen molar-refractivity contribution in [3.05, 3.63) is 112 Å². The molecule has 1 heterocycles. The van der Waals surface area contributed by atoms with Crippen LogP contribution in [0.5, 0.6) is 0 Å². The van der Waals surface area contributed by atoms with E-state index in [9.17, 15) is 18.3 Å². The minimum absolute atomic E-state index is 0.0251. The number of nitriles is 1. The van der Waals surface area contributed by atoms with Gasteiger partial charge in [-0.3, -0.25) is 0 Å². The molecule has 0 bridgehead atoms. The molecule has 0 unspecified atom stereocenters. The fourth-order valence-electron chi connectivity index (χ4n) is 4.15. The second-order valence-electron chi connectivity index (χ2n) is 8.05. The summed E-state index contributed by atoms with van der Waals surface area (Å²) in [6, 6.07) is 19.9. The van der Waals surface area contributed by atoms with E-state index in [2.05, 4.69) is 6.07 Å². The fraction of sp³-hybridized carbons (Fsp3) is 0.154. The maximum absolute atomic E-state index is 14.1. The Hall–Kier alpha value is -3.44. The van der Waals surface area contributed by atoms with Gasteiger partial charge in [-0.2, -0.15) is 9.57 Å². The number of carboxylic acid groups (broad SMARTS) is 1. The first-order valence-electron chi connectivity index (χ1n) is 10.5. The van der Waals surface area contributed by atoms with Crippen LogP contribution in [0.1, 0.15) is 40.8 Å². The van der Waals surface area contributed by atoms with Crippen molar-refractivity contribution < 1.29 is 18.3 Å². The first-order chi connectivity index (χ1) is 16.2. The Morgan fingerprint density at radius 1 is 1.00 bits per heavy atom. The topological polar surface area (TPSA) is 98.5 Å². The summed E-state index contributed by atoms with van der Waals surface area (Å²) in [7, 11) is -4.13. The standard InChI is InChI=1S/C26H21ClN2O4S/c1-17-2-12-22(13-3-17)34(32,33)29-24(19-6-4-18(16-28)5-7-19)15-14-23(26(30)31)25(29)20-8-10-21(27)11-9-20/h2-14,24-25H,15H2,1H3,(H,30,31)/t24-,25-/m0/s1. The predicted molar refractivity (Wildman–Crippen MR) is 129 cm³/mol. The molecule has 0 amide bonds. The van der Waals surface area contributed by atoms with E-state index >= 15 is 0 Å². The van der Waals surface area contributed by atoms with E-state index in [0.717, 1.165) is 5.56 Å². The number of rotatable bonds is 5. The highest BCUT2D eigenvalue weighted by atomic mass is 35.5. The van der Waals surface area contributed by atoms with Crippen LogP contribution in [-0.2, 0) is 14.8 Å². The van der Waals surface area contributed by atoms with E-state index in [1.807, 2.05) is 6.92 Å². The summed E-state index contributed by atoms with van der Waals surface area (Å²) >= 11 is 6.05. The summed E-state index contributed by atoms with van der Waals surface area (Å²) in [5.41, 5.74) is 2.48. The van der Waals surface area contributed by atoms with Crippen LogP contribution in [0.25, 0.3) is 0 Å². The number of carboxylic acids is 1. The van der Waals surface area contributed by atoms with Gasteiger partial charge >= 0.3 is 5.97 Å². The van der Waals surface area contributed by atoms with Gasteiger partial charge in [-0.25, -0.2) is 13.2 Å². The highest BCUT2D eigenvalue weighted by molar-refractivity contribution is 7.89. The van der Waals surface area contributed by atoms with Crippen LogP contribution in [-0.4, -0.2) is 23.8 Å². The number of carbonyl (C=O) groups is 1. The smallest absolute Gasteiger partial charge is 0.333 e. The Bertz CT molecular complexity index is 1390. The van der Waals surface area contributed by atoms with Crippen molar-refractivity contribution in [1.29, 1.82) is 5.26 Å². The third-order valence-electron chi connectivity index (χ3n) is 5.87. The van der Waals surface area contributed by atoms with Gasteiger partial charge in [0, 0.05) is 5.02 Å². The average Bonchev–Trinajstić information content (AvgIpc) is 2.84. The highest BCUT2D eigenvalue weighted by Crippen LogP contribution is 2.45. The van der Waals surface area contributed by atoms with Gasteiger partial charge in [0.05, 0.1) is 34.2 Å². The maximum atomic E-state index is 14.1. The zero-order valence-corrected chi connectivity index (χ0v) is 19.8. The molecular formula is C26H21ClN2O4S. The first kappa shape index (κ1) is 23.7. The number of hydrogen-bond donors (Lipinski definition) is 1. The Morgan fingerprint density at radius 3 is 2.15 bits per heavy atom. The van der Waals surface area contributed by atoms with E-state index in [1.54, 1.807) is 66.7 Å². The number of hydrogen-bond acceptors (Lipinski definition) is 4. The molecule has 0 saturated carbocycles. The third-order valence-corrected chi connectivity index (χ3v) is 8.01. The molecule has 172 valence electrons. The lowest BCUT2D eigenvalue weighted by Gasteiger charge is -2.40. The minimum atomic E-state index is -4.13. The third kappa shape index (κ3) is 4.48. The van der Waals surface area contributed by atoms with E-state index < -0.39 is 28.1 Å². The van der Waals surface area contributed by atoms with Crippen molar-refractivity contribution in [2.45, 2.75) is 30.3 Å². The van der Waals surface area contributed by atoms with Gasteiger partial charge in [0.25, 0.3) is 0 Å². The second kappa shape index (κ2) is 9.43. The molecule has 0 saturated heterocycles. The van der Waals surface area contributed by atoms with Gasteiger partial charge in [0.15, 0.2) is 0 Å². The van der Waals surface area contributed by atoms with Crippen LogP contribution in [0.2, 0.25) is 5.02 Å². The Morgan fingerprint density at radius 2 is 1.59 bits per heavy atom. The molecular weight excluding hydrogens is 472 g/mol. The highest BCUT2D eigenvalue weighted by Gasteiger charge is 2.44. The van der Waals surface area contributed by atoms with Crippen LogP contribution in [0.15, 0.2) is 89.3 Å². The maximum Gasteiger partial charge on any atom is 0.333 e. The quantitative estimate of drug-likeness (QED) is 0.513. The second-order valence-corrected chi connectivity index (χ2v) is 10.3. The van der Waals surface area contributed by atoms with E-state index in [4.69, 9.17) is 16.9 Å². The molecule has 0 fully saturated rings. The van der Waals surface area contributed by atoms with Crippen LogP contribution < -0.4 is 0 Å². The van der Waals surface area contributed by atoms with Crippen molar-refractivity contribution in [2.24, 2.45) is 0 Å². The molecule has 4 rings (SSSR count).